The number of benzene rings is 1. The van der Waals surface area contributed by atoms with E-state index in [1.165, 1.54) is 0 Å². The van der Waals surface area contributed by atoms with Crippen LogP contribution in [0.15, 0.2) is 24.3 Å². The molecule has 0 aliphatic heterocycles. The van der Waals surface area contributed by atoms with Gasteiger partial charge in [0.05, 0.1) is 6.04 Å². The molecule has 2 rings (SSSR count). The molecule has 104 valence electrons. The van der Waals surface area contributed by atoms with Gasteiger partial charge in [-0.15, -0.1) is 0 Å². The van der Waals surface area contributed by atoms with Gasteiger partial charge < -0.3 is 11.1 Å². The summed E-state index contributed by atoms with van der Waals surface area (Å²) < 4.78 is 0. The van der Waals surface area contributed by atoms with Crippen LogP contribution in [0, 0.1) is 5.92 Å². The van der Waals surface area contributed by atoms with Crippen molar-refractivity contribution in [2.75, 3.05) is 0 Å². The Morgan fingerprint density at radius 2 is 1.95 bits per heavy atom. The van der Waals surface area contributed by atoms with Crippen LogP contribution in [0.4, 0.5) is 0 Å². The van der Waals surface area contributed by atoms with E-state index < -0.39 is 0 Å². The summed E-state index contributed by atoms with van der Waals surface area (Å²) in [6.45, 7) is 1.97. The zero-order valence-electron chi connectivity index (χ0n) is 11.2. The lowest BCUT2D eigenvalue weighted by Gasteiger charge is -2.26. The highest BCUT2D eigenvalue weighted by Crippen LogP contribution is 2.26. The van der Waals surface area contributed by atoms with Crippen molar-refractivity contribution in [2.24, 2.45) is 11.7 Å². The van der Waals surface area contributed by atoms with Crippen LogP contribution in [-0.2, 0) is 4.79 Å². The summed E-state index contributed by atoms with van der Waals surface area (Å²) in [4.78, 5) is 12.2. The Kier molecular flexibility index (Phi) is 4.83. The summed E-state index contributed by atoms with van der Waals surface area (Å²) in [5.41, 5.74) is 6.82. The molecule has 1 aliphatic rings. The molecule has 1 saturated carbocycles. The maximum atomic E-state index is 12.2. The number of carbonyl (C=O) groups excluding carboxylic acids is 1. The molecule has 3 nitrogen and oxygen atoms in total. The second-order valence-corrected chi connectivity index (χ2v) is 5.77. The zero-order chi connectivity index (χ0) is 13.8. The Morgan fingerprint density at radius 1 is 1.32 bits per heavy atom. The van der Waals surface area contributed by atoms with Gasteiger partial charge in [-0.1, -0.05) is 29.8 Å². The molecule has 3 N–H and O–H groups in total. The molecule has 0 radical (unpaired) electrons. The average molecular weight is 281 g/mol. The lowest BCUT2D eigenvalue weighted by molar-refractivity contribution is -0.126. The number of hydrogen-bond acceptors (Lipinski definition) is 2. The maximum absolute atomic E-state index is 12.2. The first-order valence-corrected chi connectivity index (χ1v) is 7.26. The summed E-state index contributed by atoms with van der Waals surface area (Å²) in [6.07, 6.45) is 3.67. The molecule has 0 aromatic heterocycles. The number of carbonyl (C=O) groups is 1. The highest BCUT2D eigenvalue weighted by atomic mass is 35.5. The van der Waals surface area contributed by atoms with Gasteiger partial charge >= 0.3 is 0 Å². The second kappa shape index (κ2) is 6.40. The first-order chi connectivity index (χ1) is 9.08. The van der Waals surface area contributed by atoms with Crippen LogP contribution < -0.4 is 11.1 Å². The number of halogens is 1. The monoisotopic (exact) mass is 280 g/mol. The summed E-state index contributed by atoms with van der Waals surface area (Å²) in [5, 5.41) is 3.75. The lowest BCUT2D eigenvalue weighted by atomic mass is 9.85. The molecule has 1 aromatic rings. The van der Waals surface area contributed by atoms with Gasteiger partial charge in [-0.25, -0.2) is 0 Å². The van der Waals surface area contributed by atoms with E-state index >= 15 is 0 Å². The molecule has 1 aromatic carbocycles. The van der Waals surface area contributed by atoms with E-state index in [-0.39, 0.29) is 23.9 Å². The molecular weight excluding hydrogens is 260 g/mol. The van der Waals surface area contributed by atoms with Crippen LogP contribution in [-0.4, -0.2) is 11.9 Å². The Balaban J connectivity index is 1.94. The fraction of sp³-hybridized carbons (Fsp3) is 0.533. The van der Waals surface area contributed by atoms with Gasteiger partial charge in [-0.05, 0) is 44.2 Å². The smallest absolute Gasteiger partial charge is 0.223 e. The van der Waals surface area contributed by atoms with E-state index in [9.17, 15) is 4.79 Å². The molecule has 1 aliphatic carbocycles. The normalized spacial score (nSPS) is 24.8. The minimum Gasteiger partial charge on any atom is -0.349 e. The van der Waals surface area contributed by atoms with Gasteiger partial charge in [0.1, 0.15) is 0 Å². The SMILES string of the molecule is C[C@@H](NC(=O)C1CCC(N)CC1)c1ccccc1Cl. The third-order valence-corrected chi connectivity index (χ3v) is 4.22. The fourth-order valence-electron chi connectivity index (χ4n) is 2.62. The van der Waals surface area contributed by atoms with E-state index in [1.54, 1.807) is 0 Å². The molecule has 19 heavy (non-hydrogen) atoms. The van der Waals surface area contributed by atoms with Crippen molar-refractivity contribution in [1.82, 2.24) is 5.32 Å². The highest BCUT2D eigenvalue weighted by molar-refractivity contribution is 6.31. The van der Waals surface area contributed by atoms with Gasteiger partial charge in [0.15, 0.2) is 0 Å². The molecular formula is C15H21ClN2O. The van der Waals surface area contributed by atoms with Crippen molar-refractivity contribution in [3.8, 4) is 0 Å². The molecule has 0 bridgehead atoms. The topological polar surface area (TPSA) is 55.1 Å². The Bertz CT molecular complexity index is 442. The van der Waals surface area contributed by atoms with Crippen LogP contribution >= 0.6 is 11.6 Å². The number of amides is 1. The van der Waals surface area contributed by atoms with Gasteiger partial charge in [0.25, 0.3) is 0 Å². The predicted molar refractivity (Wildman–Crippen MR) is 77.9 cm³/mol. The van der Waals surface area contributed by atoms with Crippen molar-refractivity contribution < 1.29 is 4.79 Å². The Labute approximate surface area is 119 Å². The standard InChI is InChI=1S/C15H21ClN2O/c1-10(13-4-2-3-5-14(13)16)18-15(19)11-6-8-12(17)9-7-11/h2-5,10-12H,6-9,17H2,1H3,(H,18,19)/t10-,11?,12?/m1/s1. The van der Waals surface area contributed by atoms with Crippen molar-refractivity contribution >= 4 is 17.5 Å². The number of hydrogen-bond donors (Lipinski definition) is 2. The van der Waals surface area contributed by atoms with E-state index in [2.05, 4.69) is 5.32 Å². The van der Waals surface area contributed by atoms with E-state index in [4.69, 9.17) is 17.3 Å². The molecule has 0 spiro atoms. The van der Waals surface area contributed by atoms with Crippen LogP contribution in [0.1, 0.15) is 44.2 Å². The van der Waals surface area contributed by atoms with E-state index in [0.717, 1.165) is 31.2 Å². The van der Waals surface area contributed by atoms with Gasteiger partial charge in [-0.3, -0.25) is 4.79 Å². The average Bonchev–Trinajstić information content (AvgIpc) is 2.39. The quantitative estimate of drug-likeness (QED) is 0.894. The molecule has 0 unspecified atom stereocenters. The van der Waals surface area contributed by atoms with Crippen LogP contribution in [0.3, 0.4) is 0 Å². The summed E-state index contributed by atoms with van der Waals surface area (Å²) in [6, 6.07) is 7.83. The molecule has 0 heterocycles. The van der Waals surface area contributed by atoms with Crippen molar-refractivity contribution in [2.45, 2.75) is 44.7 Å². The van der Waals surface area contributed by atoms with E-state index in [0.29, 0.717) is 5.02 Å². The van der Waals surface area contributed by atoms with Gasteiger partial charge in [0.2, 0.25) is 5.91 Å². The molecule has 1 fully saturated rings. The van der Waals surface area contributed by atoms with Crippen LogP contribution in [0.5, 0.6) is 0 Å². The van der Waals surface area contributed by atoms with Gasteiger partial charge in [-0.2, -0.15) is 0 Å². The number of rotatable bonds is 3. The van der Waals surface area contributed by atoms with Crippen molar-refractivity contribution in [3.63, 3.8) is 0 Å². The minimum atomic E-state index is -0.0585. The molecule has 1 amide bonds. The van der Waals surface area contributed by atoms with Crippen molar-refractivity contribution in [3.05, 3.63) is 34.9 Å². The first-order valence-electron chi connectivity index (χ1n) is 6.88. The molecule has 4 heteroatoms. The molecule has 0 saturated heterocycles. The Morgan fingerprint density at radius 3 is 2.58 bits per heavy atom. The highest BCUT2D eigenvalue weighted by Gasteiger charge is 2.25. The minimum absolute atomic E-state index is 0.0585. The van der Waals surface area contributed by atoms with Crippen molar-refractivity contribution in [1.29, 1.82) is 0 Å². The van der Waals surface area contributed by atoms with E-state index in [1.807, 2.05) is 31.2 Å². The summed E-state index contributed by atoms with van der Waals surface area (Å²) in [7, 11) is 0. The van der Waals surface area contributed by atoms with Crippen LogP contribution in [0.2, 0.25) is 5.02 Å². The second-order valence-electron chi connectivity index (χ2n) is 5.36. The Hall–Kier alpha value is -1.06. The van der Waals surface area contributed by atoms with Crippen LogP contribution in [0.25, 0.3) is 0 Å². The number of nitrogens with two attached hydrogens (primary N) is 1. The lowest BCUT2D eigenvalue weighted by Crippen LogP contribution is -2.37. The largest absolute Gasteiger partial charge is 0.349 e. The maximum Gasteiger partial charge on any atom is 0.223 e. The summed E-state index contributed by atoms with van der Waals surface area (Å²) >= 11 is 6.14. The van der Waals surface area contributed by atoms with Gasteiger partial charge in [0, 0.05) is 17.0 Å². The number of nitrogens with one attached hydrogen (secondary N) is 1. The molecule has 1 atom stereocenters. The third-order valence-electron chi connectivity index (χ3n) is 3.87. The fourth-order valence-corrected chi connectivity index (χ4v) is 2.92. The zero-order valence-corrected chi connectivity index (χ0v) is 12.0. The summed E-state index contributed by atoms with van der Waals surface area (Å²) in [5.74, 6) is 0.226. The predicted octanol–water partition coefficient (Wildman–Crippen LogP) is 3.03. The third kappa shape index (κ3) is 3.71. The first kappa shape index (κ1) is 14.4.